The lowest BCUT2D eigenvalue weighted by Crippen LogP contribution is -2.43. The van der Waals surface area contributed by atoms with Gasteiger partial charge in [0.2, 0.25) is 5.95 Å². The van der Waals surface area contributed by atoms with E-state index in [4.69, 9.17) is 5.73 Å². The molecule has 2 aromatic heterocycles. The molecule has 10 heteroatoms. The van der Waals surface area contributed by atoms with Crippen molar-refractivity contribution < 1.29 is 4.79 Å². The molecule has 0 unspecified atom stereocenters. The lowest BCUT2D eigenvalue weighted by Gasteiger charge is -2.32. The van der Waals surface area contributed by atoms with Crippen LogP contribution in [-0.2, 0) is 13.6 Å². The smallest absolute Gasteiger partial charge is 0.324 e. The van der Waals surface area contributed by atoms with Crippen LogP contribution in [0.1, 0.15) is 5.56 Å². The van der Waals surface area contributed by atoms with Crippen molar-refractivity contribution in [1.29, 1.82) is 0 Å². The number of carbonyl (C=O) groups excluding carboxylic acids is 1. The second kappa shape index (κ2) is 9.69. The van der Waals surface area contributed by atoms with Crippen LogP contribution in [0, 0.1) is 0 Å². The Morgan fingerprint density at radius 3 is 2.54 bits per heavy atom. The number of likely N-dealkylation sites (N-methyl/N-ethyl adjacent to an activating group) is 1. The molecule has 4 aromatic rings. The summed E-state index contributed by atoms with van der Waals surface area (Å²) in [6.07, 6.45) is 1.69. The van der Waals surface area contributed by atoms with Crippen LogP contribution in [-0.4, -0.2) is 68.8 Å². The fourth-order valence-electron chi connectivity index (χ4n) is 4.24. The zero-order chi connectivity index (χ0) is 24.4. The molecule has 1 saturated heterocycles. The van der Waals surface area contributed by atoms with Gasteiger partial charge in [-0.3, -0.25) is 14.9 Å². The molecule has 1 fully saturated rings. The number of nitrogens with one attached hydrogen (secondary N) is 2. The predicted molar refractivity (Wildman–Crippen MR) is 138 cm³/mol. The summed E-state index contributed by atoms with van der Waals surface area (Å²) in [5.74, 6) is 0.702. The van der Waals surface area contributed by atoms with Gasteiger partial charge in [-0.15, -0.1) is 0 Å². The van der Waals surface area contributed by atoms with Crippen molar-refractivity contribution in [3.8, 4) is 11.3 Å². The monoisotopic (exact) mass is 471 g/mol. The number of urea groups is 1. The van der Waals surface area contributed by atoms with Crippen molar-refractivity contribution in [3.05, 3.63) is 60.3 Å². The summed E-state index contributed by atoms with van der Waals surface area (Å²) in [5, 5.41) is 11.0. The van der Waals surface area contributed by atoms with Crippen molar-refractivity contribution >= 4 is 34.4 Å². The van der Waals surface area contributed by atoms with Crippen molar-refractivity contribution in [2.45, 2.75) is 6.54 Å². The Bertz CT molecular complexity index is 1340. The molecule has 0 spiro atoms. The molecule has 4 N–H and O–H groups in total. The van der Waals surface area contributed by atoms with Crippen LogP contribution in [0.4, 0.5) is 22.2 Å². The summed E-state index contributed by atoms with van der Waals surface area (Å²) in [6, 6.07) is 15.3. The third-order valence-corrected chi connectivity index (χ3v) is 6.23. The van der Waals surface area contributed by atoms with Crippen LogP contribution in [0.2, 0.25) is 0 Å². The number of aromatic nitrogens is 4. The lowest BCUT2D eigenvalue weighted by molar-refractivity contribution is 0.148. The van der Waals surface area contributed by atoms with Gasteiger partial charge in [0.25, 0.3) is 0 Å². The van der Waals surface area contributed by atoms with E-state index in [2.05, 4.69) is 54.7 Å². The van der Waals surface area contributed by atoms with E-state index in [-0.39, 0.29) is 12.0 Å². The molecule has 0 aliphatic carbocycles. The molecule has 0 saturated carbocycles. The summed E-state index contributed by atoms with van der Waals surface area (Å²) >= 11 is 0. The molecule has 2 aromatic carbocycles. The molecule has 1 aliphatic rings. The van der Waals surface area contributed by atoms with Gasteiger partial charge in [-0.1, -0.05) is 18.2 Å². The van der Waals surface area contributed by atoms with Gasteiger partial charge in [-0.05, 0) is 36.9 Å². The second-order valence-electron chi connectivity index (χ2n) is 8.90. The van der Waals surface area contributed by atoms with Crippen LogP contribution in [0.25, 0.3) is 22.2 Å². The van der Waals surface area contributed by atoms with Crippen LogP contribution >= 0.6 is 0 Å². The maximum Gasteiger partial charge on any atom is 0.324 e. The second-order valence-corrected chi connectivity index (χ2v) is 8.90. The molecule has 3 heterocycles. The molecule has 2 amide bonds. The number of hydrogen-bond donors (Lipinski definition) is 3. The van der Waals surface area contributed by atoms with Crippen molar-refractivity contribution in [2.24, 2.45) is 7.05 Å². The summed E-state index contributed by atoms with van der Waals surface area (Å²) < 4.78 is 1.72. The highest BCUT2D eigenvalue weighted by molar-refractivity contribution is 5.99. The Hall–Kier alpha value is -4.02. The highest BCUT2D eigenvalue weighted by atomic mass is 16.2. The fraction of sp³-hybridized carbons (Fsp3) is 0.280. The number of nitrogens with zero attached hydrogens (tertiary/aromatic N) is 6. The van der Waals surface area contributed by atoms with E-state index >= 15 is 0 Å². The first-order chi connectivity index (χ1) is 16.9. The van der Waals surface area contributed by atoms with E-state index in [1.54, 1.807) is 10.9 Å². The minimum absolute atomic E-state index is 0.243. The number of piperazine rings is 1. The Morgan fingerprint density at radius 2 is 1.77 bits per heavy atom. The Balaban J connectivity index is 1.20. The number of amides is 2. The standard InChI is InChI=1S/C25H29N9O/c1-32-9-11-34(12-10-32)16-17-3-6-20(7-4-17)28-25(35)30-23-14-22(33(2)31-23)18-5-8-21-19(13-18)15-27-24(26)29-21/h3-8,13-15H,9-12,16H2,1-2H3,(H2,26,27,29)(H2,28,30,31,35). The maximum absolute atomic E-state index is 12.6. The third-order valence-electron chi connectivity index (χ3n) is 6.23. The molecule has 5 rings (SSSR count). The molecule has 10 nitrogen and oxygen atoms in total. The summed E-state index contributed by atoms with van der Waals surface area (Å²) in [4.78, 5) is 25.7. The SMILES string of the molecule is CN1CCN(Cc2ccc(NC(=O)Nc3cc(-c4ccc5nc(N)ncc5c4)n(C)n3)cc2)CC1. The highest BCUT2D eigenvalue weighted by Crippen LogP contribution is 2.25. The van der Waals surface area contributed by atoms with Gasteiger partial charge >= 0.3 is 6.03 Å². The largest absolute Gasteiger partial charge is 0.368 e. The summed E-state index contributed by atoms with van der Waals surface area (Å²) in [6.45, 7) is 5.27. The molecular weight excluding hydrogens is 442 g/mol. The zero-order valence-corrected chi connectivity index (χ0v) is 19.9. The van der Waals surface area contributed by atoms with Crippen molar-refractivity contribution in [1.82, 2.24) is 29.5 Å². The average Bonchev–Trinajstić information content (AvgIpc) is 3.21. The quantitative estimate of drug-likeness (QED) is 0.410. The van der Waals surface area contributed by atoms with Crippen LogP contribution in [0.15, 0.2) is 54.7 Å². The van der Waals surface area contributed by atoms with E-state index < -0.39 is 0 Å². The molecule has 180 valence electrons. The first kappa shape index (κ1) is 22.8. The van der Waals surface area contributed by atoms with Gasteiger partial charge in [0.05, 0.1) is 11.2 Å². The van der Waals surface area contributed by atoms with Gasteiger partial charge in [0.15, 0.2) is 5.82 Å². The van der Waals surface area contributed by atoms with Gasteiger partial charge in [-0.2, -0.15) is 5.10 Å². The number of rotatable bonds is 5. The minimum atomic E-state index is -0.344. The molecular formula is C25H29N9O. The lowest BCUT2D eigenvalue weighted by atomic mass is 10.1. The number of carbonyl (C=O) groups is 1. The van der Waals surface area contributed by atoms with Crippen molar-refractivity contribution in [2.75, 3.05) is 49.6 Å². The number of aryl methyl sites for hydroxylation is 1. The molecule has 0 radical (unpaired) electrons. The number of anilines is 3. The molecule has 0 bridgehead atoms. The van der Waals surface area contributed by atoms with E-state index in [1.165, 1.54) is 5.56 Å². The number of hydrogen-bond acceptors (Lipinski definition) is 7. The molecule has 35 heavy (non-hydrogen) atoms. The number of benzene rings is 2. The third kappa shape index (κ3) is 5.39. The maximum atomic E-state index is 12.6. The van der Waals surface area contributed by atoms with Crippen LogP contribution < -0.4 is 16.4 Å². The molecule has 0 atom stereocenters. The number of fused-ring (bicyclic) bond motifs is 1. The van der Waals surface area contributed by atoms with Gasteiger partial charge in [0.1, 0.15) is 0 Å². The van der Waals surface area contributed by atoms with E-state index in [9.17, 15) is 4.79 Å². The predicted octanol–water partition coefficient (Wildman–Crippen LogP) is 3.00. The first-order valence-corrected chi connectivity index (χ1v) is 11.6. The zero-order valence-electron chi connectivity index (χ0n) is 19.9. The van der Waals surface area contributed by atoms with Crippen LogP contribution in [0.5, 0.6) is 0 Å². The summed E-state index contributed by atoms with van der Waals surface area (Å²) in [5.41, 5.74) is 10.2. The Kier molecular flexibility index (Phi) is 6.30. The Morgan fingerprint density at radius 1 is 1.00 bits per heavy atom. The average molecular weight is 472 g/mol. The van der Waals surface area contributed by atoms with Gasteiger partial charge < -0.3 is 16.0 Å². The first-order valence-electron chi connectivity index (χ1n) is 11.6. The highest BCUT2D eigenvalue weighted by Gasteiger charge is 2.14. The van der Waals surface area contributed by atoms with Crippen LogP contribution in [0.3, 0.4) is 0 Å². The van der Waals surface area contributed by atoms with E-state index in [0.717, 1.165) is 60.6 Å². The number of nitrogen functional groups attached to an aromatic ring is 1. The fourth-order valence-corrected chi connectivity index (χ4v) is 4.24. The van der Waals surface area contributed by atoms with Gasteiger partial charge in [0, 0.05) is 68.7 Å². The van der Waals surface area contributed by atoms with Gasteiger partial charge in [-0.25, -0.2) is 14.8 Å². The summed E-state index contributed by atoms with van der Waals surface area (Å²) in [7, 11) is 3.99. The Labute approximate surface area is 203 Å². The normalized spacial score (nSPS) is 14.8. The number of nitrogens with two attached hydrogens (primary N) is 1. The minimum Gasteiger partial charge on any atom is -0.368 e. The topological polar surface area (TPSA) is 117 Å². The van der Waals surface area contributed by atoms with E-state index in [0.29, 0.717) is 5.82 Å². The van der Waals surface area contributed by atoms with Crippen molar-refractivity contribution in [3.63, 3.8) is 0 Å². The van der Waals surface area contributed by atoms with E-state index in [1.807, 2.05) is 43.4 Å². The molecule has 1 aliphatic heterocycles.